The third-order valence-electron chi connectivity index (χ3n) is 3.70. The molecule has 0 aromatic heterocycles. The molecule has 1 N–H and O–H groups in total. The van der Waals surface area contributed by atoms with E-state index in [0.29, 0.717) is 18.7 Å². The van der Waals surface area contributed by atoms with Crippen LogP contribution in [0.1, 0.15) is 25.3 Å². The average molecular weight is 356 g/mol. The van der Waals surface area contributed by atoms with Crippen LogP contribution in [0.2, 0.25) is 0 Å². The Morgan fingerprint density at radius 2 is 1.79 bits per heavy atom. The van der Waals surface area contributed by atoms with Crippen LogP contribution in [0, 0.1) is 6.92 Å². The van der Waals surface area contributed by atoms with Gasteiger partial charge < -0.3 is 10.2 Å². The Bertz CT molecular complexity index is 627. The lowest BCUT2D eigenvalue weighted by molar-refractivity contribution is -0.122. The van der Waals surface area contributed by atoms with Crippen molar-refractivity contribution in [3.8, 4) is 0 Å². The van der Waals surface area contributed by atoms with Gasteiger partial charge in [0.15, 0.2) is 0 Å². The van der Waals surface area contributed by atoms with E-state index < -0.39 is 16.1 Å². The van der Waals surface area contributed by atoms with Gasteiger partial charge >= 0.3 is 0 Å². The van der Waals surface area contributed by atoms with Gasteiger partial charge in [-0.25, -0.2) is 8.42 Å². The highest BCUT2D eigenvalue weighted by molar-refractivity contribution is 7.92. The summed E-state index contributed by atoms with van der Waals surface area (Å²) < 4.78 is 25.8. The molecule has 1 atom stereocenters. The van der Waals surface area contributed by atoms with Gasteiger partial charge in [-0.15, -0.1) is 0 Å². The first-order valence-corrected chi connectivity index (χ1v) is 10.00. The topological polar surface area (TPSA) is 69.7 Å². The van der Waals surface area contributed by atoms with Crippen molar-refractivity contribution in [1.82, 2.24) is 10.2 Å². The number of carbonyl (C=O) groups is 1. The van der Waals surface area contributed by atoms with Crippen LogP contribution in [0.4, 0.5) is 5.69 Å². The third-order valence-corrected chi connectivity index (χ3v) is 4.88. The Balaban J connectivity index is 2.93. The van der Waals surface area contributed by atoms with E-state index in [0.717, 1.165) is 24.8 Å². The van der Waals surface area contributed by atoms with Crippen molar-refractivity contribution < 1.29 is 13.2 Å². The summed E-state index contributed by atoms with van der Waals surface area (Å²) in [6, 6.07) is 6.41. The van der Waals surface area contributed by atoms with Crippen LogP contribution >= 0.6 is 0 Å². The van der Waals surface area contributed by atoms with Crippen molar-refractivity contribution in [3.05, 3.63) is 29.8 Å². The minimum Gasteiger partial charge on any atom is -0.354 e. The lowest BCUT2D eigenvalue weighted by Gasteiger charge is -2.30. The molecule has 0 aliphatic heterocycles. The SMILES string of the molecule is CC[C@@H](C(=O)NCCCN(C)C)N(c1ccc(C)cc1)S(C)(=O)=O. The summed E-state index contributed by atoms with van der Waals surface area (Å²) in [5.41, 5.74) is 1.55. The average Bonchev–Trinajstić information content (AvgIpc) is 2.48. The summed E-state index contributed by atoms with van der Waals surface area (Å²) in [4.78, 5) is 14.6. The molecule has 0 spiro atoms. The van der Waals surface area contributed by atoms with E-state index in [9.17, 15) is 13.2 Å². The van der Waals surface area contributed by atoms with Crippen LogP contribution < -0.4 is 9.62 Å². The number of carbonyl (C=O) groups excluding carboxylic acids is 1. The van der Waals surface area contributed by atoms with Crippen LogP contribution in [0.3, 0.4) is 0 Å². The van der Waals surface area contributed by atoms with Crippen molar-refractivity contribution in [1.29, 1.82) is 0 Å². The molecule has 0 saturated carbocycles. The molecule has 24 heavy (non-hydrogen) atoms. The number of hydrogen-bond donors (Lipinski definition) is 1. The lowest BCUT2D eigenvalue weighted by Crippen LogP contribution is -2.49. The number of amides is 1. The largest absolute Gasteiger partial charge is 0.354 e. The first-order valence-electron chi connectivity index (χ1n) is 8.15. The Kier molecular flexibility index (Phi) is 7.69. The summed E-state index contributed by atoms with van der Waals surface area (Å²) in [6.07, 6.45) is 2.36. The summed E-state index contributed by atoms with van der Waals surface area (Å²) in [7, 11) is 0.376. The summed E-state index contributed by atoms with van der Waals surface area (Å²) in [5.74, 6) is -0.262. The Morgan fingerprint density at radius 3 is 2.25 bits per heavy atom. The van der Waals surface area contributed by atoms with Crippen LogP contribution in [0.15, 0.2) is 24.3 Å². The third kappa shape index (κ3) is 6.13. The second kappa shape index (κ2) is 9.03. The number of nitrogens with one attached hydrogen (secondary N) is 1. The van der Waals surface area contributed by atoms with Crippen molar-refractivity contribution in [2.45, 2.75) is 32.7 Å². The normalized spacial score (nSPS) is 12.9. The molecule has 0 fully saturated rings. The van der Waals surface area contributed by atoms with Gasteiger partial charge in [-0.2, -0.15) is 0 Å². The maximum atomic E-state index is 12.5. The molecule has 136 valence electrons. The molecule has 1 rings (SSSR count). The number of nitrogens with zero attached hydrogens (tertiary/aromatic N) is 2. The van der Waals surface area contributed by atoms with Gasteiger partial charge in [0.25, 0.3) is 0 Å². The zero-order valence-corrected chi connectivity index (χ0v) is 16.1. The molecule has 0 unspecified atom stereocenters. The van der Waals surface area contributed by atoms with E-state index in [1.807, 2.05) is 45.0 Å². The van der Waals surface area contributed by atoms with Crippen LogP contribution in [0.5, 0.6) is 0 Å². The molecular weight excluding hydrogens is 326 g/mol. The number of aryl methyl sites for hydroxylation is 1. The second-order valence-electron chi connectivity index (χ2n) is 6.27. The predicted molar refractivity (Wildman–Crippen MR) is 98.8 cm³/mol. The quantitative estimate of drug-likeness (QED) is 0.683. The smallest absolute Gasteiger partial charge is 0.243 e. The highest BCUT2D eigenvalue weighted by atomic mass is 32.2. The molecule has 1 amide bonds. The molecule has 1 aromatic carbocycles. The van der Waals surface area contributed by atoms with E-state index in [1.54, 1.807) is 12.1 Å². The van der Waals surface area contributed by atoms with E-state index in [-0.39, 0.29) is 5.91 Å². The Labute approximate surface area is 145 Å². The van der Waals surface area contributed by atoms with Crippen LogP contribution in [-0.2, 0) is 14.8 Å². The summed E-state index contributed by atoms with van der Waals surface area (Å²) in [5, 5.41) is 2.85. The van der Waals surface area contributed by atoms with Crippen molar-refractivity contribution in [2.75, 3.05) is 37.7 Å². The minimum atomic E-state index is -3.57. The summed E-state index contributed by atoms with van der Waals surface area (Å²) >= 11 is 0. The second-order valence-corrected chi connectivity index (χ2v) is 8.13. The number of anilines is 1. The van der Waals surface area contributed by atoms with Gasteiger partial charge in [0.05, 0.1) is 11.9 Å². The molecule has 0 bridgehead atoms. The van der Waals surface area contributed by atoms with Gasteiger partial charge in [-0.3, -0.25) is 9.10 Å². The highest BCUT2D eigenvalue weighted by Gasteiger charge is 2.31. The fourth-order valence-electron chi connectivity index (χ4n) is 2.48. The maximum Gasteiger partial charge on any atom is 0.243 e. The maximum absolute atomic E-state index is 12.5. The number of hydrogen-bond acceptors (Lipinski definition) is 4. The molecule has 6 nitrogen and oxygen atoms in total. The zero-order valence-electron chi connectivity index (χ0n) is 15.2. The lowest BCUT2D eigenvalue weighted by atomic mass is 10.1. The molecular formula is C17H29N3O3S. The van der Waals surface area contributed by atoms with Crippen molar-refractivity contribution >= 4 is 21.6 Å². The standard InChI is InChI=1S/C17H29N3O3S/c1-6-16(17(21)18-12-7-13-19(3)4)20(24(5,22)23)15-10-8-14(2)9-11-15/h8-11,16H,6-7,12-13H2,1-5H3,(H,18,21)/t16-/m0/s1. The number of benzene rings is 1. The van der Waals surface area contributed by atoms with Gasteiger partial charge in [0.1, 0.15) is 6.04 Å². The molecule has 0 saturated heterocycles. The van der Waals surface area contributed by atoms with Gasteiger partial charge in [0.2, 0.25) is 15.9 Å². The monoisotopic (exact) mass is 355 g/mol. The summed E-state index contributed by atoms with van der Waals surface area (Å²) in [6.45, 7) is 5.14. The van der Waals surface area contributed by atoms with Crippen LogP contribution in [0.25, 0.3) is 0 Å². The Morgan fingerprint density at radius 1 is 1.21 bits per heavy atom. The van der Waals surface area contributed by atoms with E-state index >= 15 is 0 Å². The van der Waals surface area contributed by atoms with E-state index in [1.165, 1.54) is 4.31 Å². The molecule has 7 heteroatoms. The van der Waals surface area contributed by atoms with E-state index in [2.05, 4.69) is 5.32 Å². The number of sulfonamides is 1. The van der Waals surface area contributed by atoms with Gasteiger partial charge in [0, 0.05) is 6.54 Å². The minimum absolute atomic E-state index is 0.262. The zero-order chi connectivity index (χ0) is 18.3. The Hall–Kier alpha value is -1.60. The van der Waals surface area contributed by atoms with Crippen molar-refractivity contribution in [2.24, 2.45) is 0 Å². The molecule has 0 aliphatic rings. The molecule has 0 radical (unpaired) electrons. The molecule has 0 heterocycles. The van der Waals surface area contributed by atoms with Gasteiger partial charge in [-0.1, -0.05) is 24.6 Å². The molecule has 0 aliphatic carbocycles. The van der Waals surface area contributed by atoms with Gasteiger partial charge in [-0.05, 0) is 52.5 Å². The first-order chi connectivity index (χ1) is 11.2. The highest BCUT2D eigenvalue weighted by Crippen LogP contribution is 2.22. The van der Waals surface area contributed by atoms with E-state index in [4.69, 9.17) is 0 Å². The fraction of sp³-hybridized carbons (Fsp3) is 0.588. The van der Waals surface area contributed by atoms with Crippen LogP contribution in [-0.4, -0.2) is 58.7 Å². The van der Waals surface area contributed by atoms with Crippen molar-refractivity contribution in [3.63, 3.8) is 0 Å². The number of rotatable bonds is 9. The first kappa shape index (κ1) is 20.4. The fourth-order valence-corrected chi connectivity index (χ4v) is 3.69. The predicted octanol–water partition coefficient (Wildman–Crippen LogP) is 1.61. The molecule has 1 aromatic rings.